The summed E-state index contributed by atoms with van der Waals surface area (Å²) >= 11 is 0. The first-order chi connectivity index (χ1) is 12.5. The molecule has 0 fully saturated rings. The van der Waals surface area contributed by atoms with Gasteiger partial charge in [0.05, 0.1) is 11.7 Å². The maximum atomic E-state index is 12.9. The number of hydrogen-bond donors (Lipinski definition) is 1. The molecule has 1 N–H and O–H groups in total. The summed E-state index contributed by atoms with van der Waals surface area (Å²) in [6, 6.07) is 14.5. The Labute approximate surface area is 150 Å². The molecule has 2 aromatic carbocycles. The van der Waals surface area contributed by atoms with E-state index in [4.69, 9.17) is 9.15 Å². The van der Waals surface area contributed by atoms with Crippen molar-refractivity contribution in [1.29, 1.82) is 0 Å². The van der Waals surface area contributed by atoms with E-state index in [-0.39, 0.29) is 24.5 Å². The number of rotatable bonds is 3. The molecule has 1 atom stereocenters. The number of carbonyl (C=O) groups is 2. The Hall–Kier alpha value is -3.28. The van der Waals surface area contributed by atoms with Crippen LogP contribution in [0.3, 0.4) is 0 Å². The van der Waals surface area contributed by atoms with Crippen molar-refractivity contribution < 1.29 is 18.7 Å². The van der Waals surface area contributed by atoms with Crippen LogP contribution in [-0.2, 0) is 4.79 Å². The van der Waals surface area contributed by atoms with Crippen LogP contribution in [0.25, 0.3) is 11.0 Å². The number of carbonyl (C=O) groups excluding carboxylic acids is 2. The molecule has 1 aliphatic heterocycles. The van der Waals surface area contributed by atoms with Gasteiger partial charge in [-0.3, -0.25) is 9.59 Å². The van der Waals surface area contributed by atoms with Crippen molar-refractivity contribution in [3.8, 4) is 5.75 Å². The summed E-state index contributed by atoms with van der Waals surface area (Å²) in [7, 11) is 1.74. The first-order valence-corrected chi connectivity index (χ1v) is 8.35. The predicted molar refractivity (Wildman–Crippen MR) is 97.3 cm³/mol. The number of nitrogens with one attached hydrogen (secondary N) is 1. The molecule has 6 heteroatoms. The monoisotopic (exact) mass is 350 g/mol. The van der Waals surface area contributed by atoms with E-state index in [0.29, 0.717) is 17.0 Å². The highest BCUT2D eigenvalue weighted by Gasteiger charge is 2.24. The lowest BCUT2D eigenvalue weighted by atomic mass is 10.1. The molecule has 1 unspecified atom stereocenters. The van der Waals surface area contributed by atoms with Crippen LogP contribution in [0, 0.1) is 0 Å². The van der Waals surface area contributed by atoms with Crippen LogP contribution >= 0.6 is 0 Å². The van der Waals surface area contributed by atoms with Gasteiger partial charge >= 0.3 is 0 Å². The predicted octanol–water partition coefficient (Wildman–Crippen LogP) is 3.60. The van der Waals surface area contributed by atoms with Crippen LogP contribution in [0.2, 0.25) is 0 Å². The van der Waals surface area contributed by atoms with Crippen LogP contribution in [0.4, 0.5) is 5.69 Å². The first kappa shape index (κ1) is 16.2. The second kappa shape index (κ2) is 6.22. The lowest BCUT2D eigenvalue weighted by molar-refractivity contribution is -0.118. The minimum absolute atomic E-state index is 0.0458. The Bertz CT molecular complexity index is 975. The summed E-state index contributed by atoms with van der Waals surface area (Å²) in [5, 5.41) is 3.72. The Morgan fingerprint density at radius 2 is 2.00 bits per heavy atom. The zero-order valence-electron chi connectivity index (χ0n) is 14.5. The van der Waals surface area contributed by atoms with Crippen molar-refractivity contribution >= 4 is 28.5 Å². The molecule has 4 rings (SSSR count). The molecule has 2 amide bonds. The van der Waals surface area contributed by atoms with Crippen molar-refractivity contribution in [1.82, 2.24) is 4.90 Å². The quantitative estimate of drug-likeness (QED) is 0.783. The van der Waals surface area contributed by atoms with Gasteiger partial charge in [-0.1, -0.05) is 18.2 Å². The molecule has 3 aromatic rings. The second-order valence-corrected chi connectivity index (χ2v) is 6.33. The summed E-state index contributed by atoms with van der Waals surface area (Å²) in [6.45, 7) is 1.88. The van der Waals surface area contributed by atoms with E-state index in [9.17, 15) is 9.59 Å². The van der Waals surface area contributed by atoms with E-state index in [1.807, 2.05) is 37.3 Å². The van der Waals surface area contributed by atoms with Gasteiger partial charge in [0.2, 0.25) is 0 Å². The summed E-state index contributed by atoms with van der Waals surface area (Å²) in [6.07, 6.45) is 0. The molecule has 0 saturated heterocycles. The molecule has 0 spiro atoms. The van der Waals surface area contributed by atoms with Crippen LogP contribution in [-0.4, -0.2) is 30.4 Å². The Balaban J connectivity index is 1.58. The number of para-hydroxylation sites is 1. The van der Waals surface area contributed by atoms with E-state index in [2.05, 4.69) is 5.32 Å². The van der Waals surface area contributed by atoms with Gasteiger partial charge < -0.3 is 19.4 Å². The fourth-order valence-electron chi connectivity index (χ4n) is 2.99. The summed E-state index contributed by atoms with van der Waals surface area (Å²) in [5.41, 5.74) is 1.87. The van der Waals surface area contributed by atoms with Crippen molar-refractivity contribution in [3.63, 3.8) is 0 Å². The van der Waals surface area contributed by atoms with Gasteiger partial charge in [-0.2, -0.15) is 0 Å². The van der Waals surface area contributed by atoms with Gasteiger partial charge in [0.15, 0.2) is 6.61 Å². The Morgan fingerprint density at radius 3 is 2.81 bits per heavy atom. The van der Waals surface area contributed by atoms with Crippen molar-refractivity contribution in [2.45, 2.75) is 13.0 Å². The molecule has 26 heavy (non-hydrogen) atoms. The van der Waals surface area contributed by atoms with Crippen LogP contribution < -0.4 is 10.1 Å². The summed E-state index contributed by atoms with van der Waals surface area (Å²) < 4.78 is 11.3. The van der Waals surface area contributed by atoms with E-state index in [1.54, 1.807) is 30.1 Å². The number of benzene rings is 2. The number of ether oxygens (including phenoxy) is 1. The average molecular weight is 350 g/mol. The lowest BCUT2D eigenvalue weighted by Crippen LogP contribution is -2.30. The van der Waals surface area contributed by atoms with Gasteiger partial charge in [-0.05, 0) is 37.3 Å². The minimum atomic E-state index is -0.230. The van der Waals surface area contributed by atoms with E-state index >= 15 is 0 Å². The highest BCUT2D eigenvalue weighted by atomic mass is 16.5. The second-order valence-electron chi connectivity index (χ2n) is 6.33. The Kier molecular flexibility index (Phi) is 3.88. The SMILES string of the molecule is CC(c1cc2ccccc2o1)N(C)C(=O)c1ccc2c(c1)OCC(=O)N2. The van der Waals surface area contributed by atoms with Gasteiger partial charge in [0.25, 0.3) is 11.8 Å². The number of hydrogen-bond acceptors (Lipinski definition) is 4. The van der Waals surface area contributed by atoms with Gasteiger partial charge in [0, 0.05) is 18.0 Å². The zero-order chi connectivity index (χ0) is 18.3. The van der Waals surface area contributed by atoms with E-state index in [0.717, 1.165) is 16.7 Å². The third-order valence-corrected chi connectivity index (χ3v) is 4.62. The molecule has 1 aliphatic rings. The maximum Gasteiger partial charge on any atom is 0.262 e. The molecule has 0 saturated carbocycles. The normalized spacial score (nSPS) is 14.3. The first-order valence-electron chi connectivity index (χ1n) is 8.35. The molecule has 6 nitrogen and oxygen atoms in total. The third kappa shape index (κ3) is 2.79. The van der Waals surface area contributed by atoms with Crippen molar-refractivity contribution in [2.24, 2.45) is 0 Å². The van der Waals surface area contributed by atoms with Crippen LogP contribution in [0.1, 0.15) is 29.1 Å². The number of furan rings is 1. The maximum absolute atomic E-state index is 12.9. The van der Waals surface area contributed by atoms with Crippen LogP contribution in [0.15, 0.2) is 52.9 Å². The van der Waals surface area contributed by atoms with Crippen molar-refractivity contribution in [2.75, 3.05) is 19.0 Å². The number of anilines is 1. The summed E-state index contributed by atoms with van der Waals surface area (Å²) in [5.74, 6) is 0.872. The average Bonchev–Trinajstić information content (AvgIpc) is 3.10. The molecular formula is C20H18N2O4. The molecule has 1 aromatic heterocycles. The van der Waals surface area contributed by atoms with Gasteiger partial charge in [-0.15, -0.1) is 0 Å². The molecule has 2 heterocycles. The molecular weight excluding hydrogens is 332 g/mol. The standard InChI is InChI=1S/C20H18N2O4/c1-12(17-9-13-5-3-4-6-16(13)26-17)22(2)20(24)14-7-8-15-18(10-14)25-11-19(23)21-15/h3-10,12H,11H2,1-2H3,(H,21,23). The van der Waals surface area contributed by atoms with E-state index in [1.165, 1.54) is 0 Å². The molecule has 0 bridgehead atoms. The lowest BCUT2D eigenvalue weighted by Gasteiger charge is -2.24. The largest absolute Gasteiger partial charge is 0.482 e. The number of nitrogens with zero attached hydrogens (tertiary/aromatic N) is 1. The highest BCUT2D eigenvalue weighted by Crippen LogP contribution is 2.31. The smallest absolute Gasteiger partial charge is 0.262 e. The fourth-order valence-corrected chi connectivity index (χ4v) is 2.99. The van der Waals surface area contributed by atoms with Crippen LogP contribution in [0.5, 0.6) is 5.75 Å². The number of amides is 2. The topological polar surface area (TPSA) is 71.8 Å². The highest BCUT2D eigenvalue weighted by molar-refractivity contribution is 5.99. The molecule has 0 radical (unpaired) electrons. The summed E-state index contributed by atoms with van der Waals surface area (Å²) in [4.78, 5) is 25.8. The molecule has 0 aliphatic carbocycles. The van der Waals surface area contributed by atoms with E-state index < -0.39 is 0 Å². The Morgan fingerprint density at radius 1 is 1.19 bits per heavy atom. The number of fused-ring (bicyclic) bond motifs is 2. The minimum Gasteiger partial charge on any atom is -0.482 e. The van der Waals surface area contributed by atoms with Crippen molar-refractivity contribution in [3.05, 3.63) is 59.9 Å². The van der Waals surface area contributed by atoms with Gasteiger partial charge in [0.1, 0.15) is 17.1 Å². The fraction of sp³-hybridized carbons (Fsp3) is 0.200. The van der Waals surface area contributed by atoms with Gasteiger partial charge in [-0.25, -0.2) is 0 Å². The zero-order valence-corrected chi connectivity index (χ0v) is 14.5. The molecule has 132 valence electrons. The third-order valence-electron chi connectivity index (χ3n) is 4.62.